The van der Waals surface area contributed by atoms with Crippen LogP contribution in [-0.4, -0.2) is 24.6 Å². The van der Waals surface area contributed by atoms with Crippen LogP contribution < -0.4 is 10.2 Å². The van der Waals surface area contributed by atoms with E-state index in [0.717, 1.165) is 25.6 Å². The first-order valence-electron chi connectivity index (χ1n) is 6.69. The Labute approximate surface area is 108 Å². The lowest BCUT2D eigenvalue weighted by atomic mass is 10.2. The Kier molecular flexibility index (Phi) is 4.40. The second-order valence-corrected chi connectivity index (χ2v) is 5.73. The van der Waals surface area contributed by atoms with E-state index >= 15 is 0 Å². The highest BCUT2D eigenvalue weighted by atomic mass is 32.1. The molecule has 3 nitrogen and oxygen atoms in total. The van der Waals surface area contributed by atoms with E-state index in [4.69, 9.17) is 4.98 Å². The van der Waals surface area contributed by atoms with Gasteiger partial charge in [-0.1, -0.05) is 13.3 Å². The fourth-order valence-electron chi connectivity index (χ4n) is 2.16. The standard InChI is InChI=1S/C13H23N3S/c1-4-6-11-12(9-14-3)17-13(15-11)16(5-2)10-7-8-10/h10,14H,4-9H2,1-3H3. The second kappa shape index (κ2) is 5.83. The van der Waals surface area contributed by atoms with Crippen LogP contribution in [0.15, 0.2) is 0 Å². The van der Waals surface area contributed by atoms with Crippen molar-refractivity contribution in [2.45, 2.75) is 52.1 Å². The van der Waals surface area contributed by atoms with Crippen LogP contribution in [0.2, 0.25) is 0 Å². The van der Waals surface area contributed by atoms with Crippen LogP contribution in [0.1, 0.15) is 43.7 Å². The first kappa shape index (κ1) is 12.8. The van der Waals surface area contributed by atoms with Gasteiger partial charge in [-0.25, -0.2) is 4.98 Å². The molecule has 96 valence electrons. The number of nitrogens with one attached hydrogen (secondary N) is 1. The Balaban J connectivity index is 2.18. The van der Waals surface area contributed by atoms with Crippen LogP contribution in [0.4, 0.5) is 5.13 Å². The number of rotatable bonds is 7. The van der Waals surface area contributed by atoms with Crippen molar-refractivity contribution in [1.29, 1.82) is 0 Å². The Morgan fingerprint density at radius 1 is 1.41 bits per heavy atom. The summed E-state index contributed by atoms with van der Waals surface area (Å²) in [5.74, 6) is 0. The van der Waals surface area contributed by atoms with Crippen molar-refractivity contribution in [1.82, 2.24) is 10.3 Å². The van der Waals surface area contributed by atoms with Crippen LogP contribution in [0.5, 0.6) is 0 Å². The van der Waals surface area contributed by atoms with Crippen LogP contribution in [0.25, 0.3) is 0 Å². The molecule has 1 fully saturated rings. The zero-order chi connectivity index (χ0) is 12.3. The number of aryl methyl sites for hydroxylation is 1. The minimum atomic E-state index is 0.767. The first-order valence-corrected chi connectivity index (χ1v) is 7.51. The Bertz CT molecular complexity index is 334. The first-order chi connectivity index (χ1) is 8.30. The summed E-state index contributed by atoms with van der Waals surface area (Å²) in [6, 6.07) is 0.767. The van der Waals surface area contributed by atoms with Gasteiger partial charge in [0.05, 0.1) is 5.69 Å². The van der Waals surface area contributed by atoms with E-state index in [-0.39, 0.29) is 0 Å². The summed E-state index contributed by atoms with van der Waals surface area (Å²) in [5.41, 5.74) is 1.31. The highest BCUT2D eigenvalue weighted by Gasteiger charge is 2.30. The van der Waals surface area contributed by atoms with Crippen molar-refractivity contribution in [3.05, 3.63) is 10.6 Å². The molecular formula is C13H23N3S. The van der Waals surface area contributed by atoms with E-state index in [1.807, 2.05) is 18.4 Å². The molecule has 0 radical (unpaired) electrons. The molecule has 0 saturated heterocycles. The molecule has 1 N–H and O–H groups in total. The Morgan fingerprint density at radius 3 is 2.71 bits per heavy atom. The number of anilines is 1. The SMILES string of the molecule is CCCc1nc(N(CC)C2CC2)sc1CNC. The molecule has 1 aromatic heterocycles. The maximum absolute atomic E-state index is 4.86. The van der Waals surface area contributed by atoms with Gasteiger partial charge in [-0.15, -0.1) is 11.3 Å². The summed E-state index contributed by atoms with van der Waals surface area (Å²) < 4.78 is 0. The van der Waals surface area contributed by atoms with E-state index in [9.17, 15) is 0 Å². The minimum Gasteiger partial charge on any atom is -0.345 e. The van der Waals surface area contributed by atoms with Gasteiger partial charge in [-0.2, -0.15) is 0 Å². The van der Waals surface area contributed by atoms with E-state index in [0.29, 0.717) is 0 Å². The van der Waals surface area contributed by atoms with Gasteiger partial charge in [0.15, 0.2) is 5.13 Å². The molecule has 0 unspecified atom stereocenters. The van der Waals surface area contributed by atoms with Gasteiger partial charge in [0, 0.05) is 24.0 Å². The van der Waals surface area contributed by atoms with E-state index < -0.39 is 0 Å². The Morgan fingerprint density at radius 2 is 2.18 bits per heavy atom. The fraction of sp³-hybridized carbons (Fsp3) is 0.769. The van der Waals surface area contributed by atoms with Gasteiger partial charge in [0.25, 0.3) is 0 Å². The van der Waals surface area contributed by atoms with Crippen molar-refractivity contribution in [3.8, 4) is 0 Å². The van der Waals surface area contributed by atoms with Crippen molar-refractivity contribution >= 4 is 16.5 Å². The van der Waals surface area contributed by atoms with E-state index in [2.05, 4.69) is 24.1 Å². The van der Waals surface area contributed by atoms with Gasteiger partial charge in [-0.05, 0) is 33.2 Å². The molecule has 17 heavy (non-hydrogen) atoms. The summed E-state index contributed by atoms with van der Waals surface area (Å²) in [5, 5.41) is 4.49. The van der Waals surface area contributed by atoms with Gasteiger partial charge >= 0.3 is 0 Å². The maximum atomic E-state index is 4.86. The maximum Gasteiger partial charge on any atom is 0.186 e. The van der Waals surface area contributed by atoms with Gasteiger partial charge in [0.1, 0.15) is 0 Å². The van der Waals surface area contributed by atoms with Crippen LogP contribution in [0, 0.1) is 0 Å². The molecule has 0 atom stereocenters. The number of thiazole rings is 1. The monoisotopic (exact) mass is 253 g/mol. The molecule has 0 amide bonds. The van der Waals surface area contributed by atoms with Crippen molar-refractivity contribution in [3.63, 3.8) is 0 Å². The predicted molar refractivity (Wildman–Crippen MR) is 74.9 cm³/mol. The number of hydrogen-bond donors (Lipinski definition) is 1. The topological polar surface area (TPSA) is 28.2 Å². The smallest absolute Gasteiger partial charge is 0.186 e. The molecule has 0 aliphatic heterocycles. The summed E-state index contributed by atoms with van der Waals surface area (Å²) in [6.07, 6.45) is 4.97. The molecule has 1 saturated carbocycles. The van der Waals surface area contributed by atoms with Crippen molar-refractivity contribution in [2.24, 2.45) is 0 Å². The molecule has 0 spiro atoms. The lowest BCUT2D eigenvalue weighted by Gasteiger charge is -2.18. The van der Waals surface area contributed by atoms with Crippen LogP contribution in [-0.2, 0) is 13.0 Å². The third-order valence-corrected chi connectivity index (χ3v) is 4.30. The highest BCUT2D eigenvalue weighted by Crippen LogP contribution is 2.35. The zero-order valence-electron chi connectivity index (χ0n) is 11.1. The highest BCUT2D eigenvalue weighted by molar-refractivity contribution is 7.15. The summed E-state index contributed by atoms with van der Waals surface area (Å²) in [4.78, 5) is 8.75. The van der Waals surface area contributed by atoms with Crippen molar-refractivity contribution in [2.75, 3.05) is 18.5 Å². The predicted octanol–water partition coefficient (Wildman–Crippen LogP) is 2.80. The molecule has 0 bridgehead atoms. The summed E-state index contributed by atoms with van der Waals surface area (Å²) in [6.45, 7) is 6.50. The number of aromatic nitrogens is 1. The van der Waals surface area contributed by atoms with E-state index in [1.54, 1.807) is 0 Å². The molecule has 1 heterocycles. The molecule has 0 aromatic carbocycles. The normalized spacial score (nSPS) is 15.2. The summed E-state index contributed by atoms with van der Waals surface area (Å²) >= 11 is 1.88. The second-order valence-electron chi connectivity index (χ2n) is 4.66. The largest absolute Gasteiger partial charge is 0.345 e. The molecule has 4 heteroatoms. The van der Waals surface area contributed by atoms with Gasteiger partial charge in [-0.3, -0.25) is 0 Å². The zero-order valence-corrected chi connectivity index (χ0v) is 11.9. The average molecular weight is 253 g/mol. The third-order valence-electron chi connectivity index (χ3n) is 3.17. The lowest BCUT2D eigenvalue weighted by molar-refractivity contribution is 0.788. The van der Waals surface area contributed by atoms with Crippen molar-refractivity contribution < 1.29 is 0 Å². The van der Waals surface area contributed by atoms with Gasteiger partial charge < -0.3 is 10.2 Å². The Hall–Kier alpha value is -0.610. The fourth-order valence-corrected chi connectivity index (χ4v) is 3.41. The minimum absolute atomic E-state index is 0.767. The molecular weight excluding hydrogens is 230 g/mol. The van der Waals surface area contributed by atoms with Crippen LogP contribution >= 0.6 is 11.3 Å². The molecule has 2 rings (SSSR count). The molecule has 1 aliphatic rings. The third kappa shape index (κ3) is 2.99. The van der Waals surface area contributed by atoms with Crippen LogP contribution in [0.3, 0.4) is 0 Å². The molecule has 1 aliphatic carbocycles. The van der Waals surface area contributed by atoms with E-state index in [1.165, 1.54) is 35.0 Å². The number of nitrogens with zero attached hydrogens (tertiary/aromatic N) is 2. The number of hydrogen-bond acceptors (Lipinski definition) is 4. The quantitative estimate of drug-likeness (QED) is 0.810. The van der Waals surface area contributed by atoms with Gasteiger partial charge in [0.2, 0.25) is 0 Å². The molecule has 1 aromatic rings. The lowest BCUT2D eigenvalue weighted by Crippen LogP contribution is -2.24. The average Bonchev–Trinajstić information content (AvgIpc) is 3.06. The summed E-state index contributed by atoms with van der Waals surface area (Å²) in [7, 11) is 2.01.